The molecule has 1 unspecified atom stereocenters. The number of hydrogen-bond acceptors (Lipinski definition) is 10. The molecule has 4 N–H and O–H groups in total. The van der Waals surface area contributed by atoms with Gasteiger partial charge in [-0.05, 0) is 24.8 Å². The van der Waals surface area contributed by atoms with Crippen LogP contribution in [0.3, 0.4) is 0 Å². The van der Waals surface area contributed by atoms with Crippen molar-refractivity contribution in [1.82, 2.24) is 34.7 Å². The summed E-state index contributed by atoms with van der Waals surface area (Å²) >= 11 is 1.91. The number of nitrogens with zero attached hydrogens (tertiary/aromatic N) is 5. The quantitative estimate of drug-likeness (QED) is 0.204. The molecule has 4 rings (SSSR count). The molecule has 15 heteroatoms. The highest BCUT2D eigenvalue weighted by atomic mass is 32.2. The number of fused-ring (bicyclic) bond motifs is 1. The van der Waals surface area contributed by atoms with Crippen molar-refractivity contribution in [3.8, 4) is 0 Å². The molecule has 0 amide bonds. The highest BCUT2D eigenvalue weighted by Gasteiger charge is 2.18. The van der Waals surface area contributed by atoms with Crippen LogP contribution in [0.15, 0.2) is 43.1 Å². The molecule has 34 heavy (non-hydrogen) atoms. The molecule has 0 spiro atoms. The van der Waals surface area contributed by atoms with Crippen LogP contribution in [0.5, 0.6) is 0 Å². The van der Waals surface area contributed by atoms with Crippen molar-refractivity contribution in [2.75, 3.05) is 11.9 Å². The van der Waals surface area contributed by atoms with Crippen molar-refractivity contribution in [1.29, 1.82) is 0 Å². The number of thioether (sulfide) groups is 1. The molecule has 3 aromatic heterocycles. The van der Waals surface area contributed by atoms with E-state index in [0.29, 0.717) is 0 Å². The van der Waals surface area contributed by atoms with Crippen LogP contribution in [-0.4, -0.2) is 52.5 Å². The average Bonchev–Trinajstić information content (AvgIpc) is 3.12. The smallest absolute Gasteiger partial charge is 0.343 e. The van der Waals surface area contributed by atoms with E-state index >= 15 is 0 Å². The van der Waals surface area contributed by atoms with Gasteiger partial charge in [-0.2, -0.15) is 0 Å². The second-order valence-corrected chi connectivity index (χ2v) is 9.02. The van der Waals surface area contributed by atoms with E-state index < -0.39 is 28.9 Å². The molecule has 0 aliphatic rings. The monoisotopic (exact) mass is 508 g/mol. The summed E-state index contributed by atoms with van der Waals surface area (Å²) in [5, 5.41) is 19.0. The summed E-state index contributed by atoms with van der Waals surface area (Å²) in [5.74, 6) is -1.64. The third-order valence-electron chi connectivity index (χ3n) is 4.58. The van der Waals surface area contributed by atoms with Gasteiger partial charge in [0.1, 0.15) is 5.52 Å². The van der Waals surface area contributed by atoms with E-state index in [2.05, 4.69) is 35.5 Å². The van der Waals surface area contributed by atoms with Crippen LogP contribution in [0, 0.1) is 11.6 Å². The maximum Gasteiger partial charge on any atom is 0.343 e. The number of anilines is 1. The SMILES string of the molecule is CC(CO)Nc1nc(SCc2cccc(F)c2F)nc2[nH]c(=O)c(Sc3n[nH]c(=O)n3C)nc12. The van der Waals surface area contributed by atoms with Crippen LogP contribution < -0.4 is 16.6 Å². The van der Waals surface area contributed by atoms with E-state index in [1.165, 1.54) is 23.7 Å². The summed E-state index contributed by atoms with van der Waals surface area (Å²) < 4.78 is 28.7. The Balaban J connectivity index is 1.72. The Morgan fingerprint density at radius 2 is 2.03 bits per heavy atom. The van der Waals surface area contributed by atoms with Gasteiger partial charge in [-0.15, -0.1) is 5.10 Å². The standard InChI is InChI=1S/C19H18F2N8O3S2/c1-8(6-30)22-13-12-14(24-15(31)16(23-12)34-19-28-27-18(32)29(19)2)26-17(25-13)33-7-9-4-3-5-10(20)11(9)21/h3-5,8,30H,6-7H2,1-2H3,(H,27,32)(H2,22,24,25,26,31). The Hall–Kier alpha value is -3.30. The second kappa shape index (κ2) is 9.90. The predicted octanol–water partition coefficient (Wildman–Crippen LogP) is 1.65. The molecule has 1 aromatic carbocycles. The van der Waals surface area contributed by atoms with Crippen LogP contribution in [0.25, 0.3) is 11.2 Å². The van der Waals surface area contributed by atoms with Crippen molar-refractivity contribution < 1.29 is 13.9 Å². The Bertz CT molecular complexity index is 1470. The lowest BCUT2D eigenvalue weighted by atomic mass is 10.2. The zero-order valence-electron chi connectivity index (χ0n) is 17.8. The number of nitrogens with one attached hydrogen (secondary N) is 3. The second-order valence-electron chi connectivity index (χ2n) is 7.13. The first-order chi connectivity index (χ1) is 16.3. The van der Waals surface area contributed by atoms with Gasteiger partial charge in [-0.3, -0.25) is 9.36 Å². The van der Waals surface area contributed by atoms with E-state index in [9.17, 15) is 23.5 Å². The summed E-state index contributed by atoms with van der Waals surface area (Å²) in [6, 6.07) is 3.48. The molecule has 0 fully saturated rings. The third-order valence-corrected chi connectivity index (χ3v) is 6.49. The van der Waals surface area contributed by atoms with Crippen molar-refractivity contribution >= 4 is 40.5 Å². The van der Waals surface area contributed by atoms with E-state index in [4.69, 9.17) is 0 Å². The minimum Gasteiger partial charge on any atom is -0.394 e. The van der Waals surface area contributed by atoms with Gasteiger partial charge in [0.25, 0.3) is 5.56 Å². The average molecular weight is 509 g/mol. The first kappa shape index (κ1) is 23.8. The Morgan fingerprint density at radius 3 is 2.74 bits per heavy atom. The number of halogens is 2. The predicted molar refractivity (Wildman–Crippen MR) is 122 cm³/mol. The van der Waals surface area contributed by atoms with Gasteiger partial charge in [0, 0.05) is 24.4 Å². The van der Waals surface area contributed by atoms with E-state index in [-0.39, 0.29) is 50.2 Å². The molecule has 4 aromatic rings. The third kappa shape index (κ3) is 4.95. The minimum absolute atomic E-state index is 0.000126. The van der Waals surface area contributed by atoms with Crippen molar-refractivity contribution in [3.05, 3.63) is 56.2 Å². The lowest BCUT2D eigenvalue weighted by molar-refractivity contribution is 0.281. The summed E-state index contributed by atoms with van der Waals surface area (Å²) in [7, 11) is 1.49. The normalized spacial score (nSPS) is 12.3. The summed E-state index contributed by atoms with van der Waals surface area (Å²) in [5.41, 5.74) is -0.562. The first-order valence-corrected chi connectivity index (χ1v) is 11.6. The molecule has 3 heterocycles. The molecule has 1 atom stereocenters. The topological polar surface area (TPSA) is 154 Å². The van der Waals surface area contributed by atoms with Gasteiger partial charge < -0.3 is 15.4 Å². The van der Waals surface area contributed by atoms with Crippen LogP contribution in [-0.2, 0) is 12.8 Å². The first-order valence-electron chi connectivity index (χ1n) is 9.81. The van der Waals surface area contributed by atoms with Crippen LogP contribution in [0.4, 0.5) is 14.6 Å². The van der Waals surface area contributed by atoms with E-state index in [0.717, 1.165) is 29.6 Å². The molecular weight excluding hydrogens is 490 g/mol. The number of aromatic amines is 2. The molecule has 0 bridgehead atoms. The number of aliphatic hydroxyl groups is 1. The fourth-order valence-corrected chi connectivity index (χ4v) is 4.35. The number of aliphatic hydroxyl groups excluding tert-OH is 1. The molecule has 0 saturated heterocycles. The summed E-state index contributed by atoms with van der Waals surface area (Å²) in [4.78, 5) is 39.9. The van der Waals surface area contributed by atoms with E-state index in [1.807, 2.05) is 0 Å². The zero-order chi connectivity index (χ0) is 24.4. The van der Waals surface area contributed by atoms with Crippen molar-refractivity contribution in [2.24, 2.45) is 7.05 Å². The molecular formula is C19H18F2N8O3S2. The Labute approximate surface area is 198 Å². The summed E-state index contributed by atoms with van der Waals surface area (Å²) in [6.45, 7) is 1.51. The minimum atomic E-state index is -0.954. The number of aromatic nitrogens is 7. The van der Waals surface area contributed by atoms with Gasteiger partial charge in [-0.1, -0.05) is 23.9 Å². The van der Waals surface area contributed by atoms with Gasteiger partial charge >= 0.3 is 5.69 Å². The van der Waals surface area contributed by atoms with Crippen molar-refractivity contribution in [2.45, 2.75) is 34.1 Å². The number of rotatable bonds is 8. The Morgan fingerprint density at radius 1 is 1.24 bits per heavy atom. The van der Waals surface area contributed by atoms with E-state index in [1.54, 1.807) is 6.92 Å². The molecule has 178 valence electrons. The maximum absolute atomic E-state index is 14.0. The van der Waals surface area contributed by atoms with Crippen molar-refractivity contribution in [3.63, 3.8) is 0 Å². The largest absolute Gasteiger partial charge is 0.394 e. The molecule has 0 aliphatic carbocycles. The lowest BCUT2D eigenvalue weighted by Gasteiger charge is -2.14. The fourth-order valence-electron chi connectivity index (χ4n) is 2.77. The van der Waals surface area contributed by atoms with Gasteiger partial charge in [-0.25, -0.2) is 33.6 Å². The highest BCUT2D eigenvalue weighted by Crippen LogP contribution is 2.28. The van der Waals surface area contributed by atoms with Gasteiger partial charge in [0.2, 0.25) is 0 Å². The maximum atomic E-state index is 14.0. The highest BCUT2D eigenvalue weighted by molar-refractivity contribution is 7.99. The lowest BCUT2D eigenvalue weighted by Crippen LogP contribution is -2.22. The molecule has 11 nitrogen and oxygen atoms in total. The summed E-state index contributed by atoms with van der Waals surface area (Å²) in [6.07, 6.45) is 0. The fraction of sp³-hybridized carbons (Fsp3) is 0.263. The zero-order valence-corrected chi connectivity index (χ0v) is 19.4. The number of benzene rings is 1. The molecule has 0 saturated carbocycles. The molecule has 0 aliphatic heterocycles. The van der Waals surface area contributed by atoms with Gasteiger partial charge in [0.05, 0.1) is 6.61 Å². The molecule has 0 radical (unpaired) electrons. The van der Waals surface area contributed by atoms with Crippen LogP contribution >= 0.6 is 23.5 Å². The van der Waals surface area contributed by atoms with Crippen LogP contribution in [0.2, 0.25) is 0 Å². The van der Waals surface area contributed by atoms with Gasteiger partial charge in [0.15, 0.2) is 38.4 Å². The number of H-pyrrole nitrogens is 2. The Kier molecular flexibility index (Phi) is 6.95. The van der Waals surface area contributed by atoms with Crippen LogP contribution in [0.1, 0.15) is 12.5 Å². The number of hydrogen-bond donors (Lipinski definition) is 4.